The summed E-state index contributed by atoms with van der Waals surface area (Å²) in [6.45, 7) is 0. The summed E-state index contributed by atoms with van der Waals surface area (Å²) in [5.74, 6) is 6.57. The molecule has 1 amide bonds. The molecule has 4 aliphatic carbocycles. The molecule has 0 spiro atoms. The number of halogens is 1. The van der Waals surface area contributed by atoms with Crippen LogP contribution in [0.1, 0.15) is 38.5 Å². The Balaban J connectivity index is 1.77. The average molecular weight is 296 g/mol. The monoisotopic (exact) mass is 295 g/mol. The Labute approximate surface area is 122 Å². The second-order valence-corrected chi connectivity index (χ2v) is 7.24. The van der Waals surface area contributed by atoms with Gasteiger partial charge in [-0.25, -0.2) is 15.5 Å². The summed E-state index contributed by atoms with van der Waals surface area (Å²) < 4.78 is 1.91. The fraction of sp³-hybridized carbons (Fsp3) is 0.769. The number of hydrazine groups is 1. The maximum Gasteiger partial charge on any atom is 0.242 e. The van der Waals surface area contributed by atoms with E-state index in [2.05, 4.69) is 15.5 Å². The lowest BCUT2D eigenvalue weighted by Gasteiger charge is -2.60. The second-order valence-electron chi connectivity index (χ2n) is 6.90. The average Bonchev–Trinajstić information content (AvgIpc) is 2.84. The van der Waals surface area contributed by atoms with Gasteiger partial charge in [-0.3, -0.25) is 10.2 Å². The van der Waals surface area contributed by atoms with Crippen LogP contribution >= 0.6 is 11.6 Å². The molecule has 1 heterocycles. The van der Waals surface area contributed by atoms with Crippen molar-refractivity contribution in [1.29, 1.82) is 0 Å². The van der Waals surface area contributed by atoms with Crippen molar-refractivity contribution in [3.8, 4) is 0 Å². The third kappa shape index (κ3) is 1.58. The summed E-state index contributed by atoms with van der Waals surface area (Å²) in [7, 11) is 0. The summed E-state index contributed by atoms with van der Waals surface area (Å²) in [6.07, 6.45) is 7.79. The summed E-state index contributed by atoms with van der Waals surface area (Å²) in [4.78, 5) is 16.4. The third-order valence-corrected chi connectivity index (χ3v) is 5.77. The van der Waals surface area contributed by atoms with Gasteiger partial charge in [0.05, 0.1) is 11.0 Å². The first-order valence-corrected chi connectivity index (χ1v) is 7.52. The predicted octanol–water partition coefficient (Wildman–Crippen LogP) is 1.22. The van der Waals surface area contributed by atoms with Crippen molar-refractivity contribution in [2.45, 2.75) is 44.1 Å². The highest BCUT2D eigenvalue weighted by Gasteiger charge is 2.61. The molecule has 5 rings (SSSR count). The first-order valence-electron chi connectivity index (χ1n) is 7.14. The highest BCUT2D eigenvalue weighted by molar-refractivity contribution is 6.28. The lowest BCUT2D eigenvalue weighted by molar-refractivity contribution is -0.156. The lowest BCUT2D eigenvalue weighted by atomic mass is 9.46. The zero-order chi connectivity index (χ0) is 14.0. The standard InChI is InChI=1S/C13H18ClN5O/c14-11-16-7-19(18-11)13-4-8-1-9(5-13)3-12(2-8,6-13)10(20)17-15/h7-9H,1-6,15H2,(H,17,20)/t8-,9-,12?,13?/m1/s1. The number of hydrogen-bond acceptors (Lipinski definition) is 4. The van der Waals surface area contributed by atoms with E-state index in [1.807, 2.05) is 4.68 Å². The fourth-order valence-corrected chi connectivity index (χ4v) is 5.50. The van der Waals surface area contributed by atoms with Crippen molar-refractivity contribution >= 4 is 17.5 Å². The van der Waals surface area contributed by atoms with Crippen LogP contribution in [0.3, 0.4) is 0 Å². The van der Waals surface area contributed by atoms with Crippen LogP contribution in [0.5, 0.6) is 0 Å². The Morgan fingerprint density at radius 3 is 2.65 bits per heavy atom. The number of carbonyl (C=O) groups is 1. The fourth-order valence-electron chi connectivity index (χ4n) is 5.37. The van der Waals surface area contributed by atoms with Crippen LogP contribution in [-0.2, 0) is 10.3 Å². The topological polar surface area (TPSA) is 85.8 Å². The molecule has 1 aromatic heterocycles. The number of hydrogen-bond donors (Lipinski definition) is 2. The molecule has 0 saturated heterocycles. The molecular formula is C13H18ClN5O. The van der Waals surface area contributed by atoms with Gasteiger partial charge in [0.25, 0.3) is 0 Å². The Bertz CT molecular complexity index is 557. The molecule has 4 aliphatic rings. The molecule has 4 bridgehead atoms. The Hall–Kier alpha value is -1.14. The van der Waals surface area contributed by atoms with Gasteiger partial charge >= 0.3 is 0 Å². The van der Waals surface area contributed by atoms with Crippen molar-refractivity contribution in [2.75, 3.05) is 0 Å². The van der Waals surface area contributed by atoms with E-state index >= 15 is 0 Å². The zero-order valence-electron chi connectivity index (χ0n) is 11.2. The van der Waals surface area contributed by atoms with Crippen LogP contribution in [0.25, 0.3) is 0 Å². The van der Waals surface area contributed by atoms with Crippen molar-refractivity contribution < 1.29 is 4.79 Å². The van der Waals surface area contributed by atoms with Gasteiger partial charge in [0.2, 0.25) is 11.2 Å². The first-order chi connectivity index (χ1) is 9.55. The molecule has 3 N–H and O–H groups in total. The van der Waals surface area contributed by atoms with E-state index in [0.717, 1.165) is 32.1 Å². The van der Waals surface area contributed by atoms with Crippen molar-refractivity contribution in [3.05, 3.63) is 11.6 Å². The largest absolute Gasteiger partial charge is 0.294 e. The maximum absolute atomic E-state index is 12.3. The van der Waals surface area contributed by atoms with Crippen LogP contribution in [-0.4, -0.2) is 20.7 Å². The molecule has 2 atom stereocenters. The Morgan fingerprint density at radius 2 is 2.10 bits per heavy atom. The van der Waals surface area contributed by atoms with E-state index in [4.69, 9.17) is 17.4 Å². The van der Waals surface area contributed by atoms with E-state index in [1.165, 1.54) is 6.42 Å². The molecule has 0 aromatic carbocycles. The molecule has 20 heavy (non-hydrogen) atoms. The third-order valence-electron chi connectivity index (χ3n) is 5.59. The number of nitrogens with zero attached hydrogens (tertiary/aromatic N) is 3. The van der Waals surface area contributed by atoms with Gasteiger partial charge in [-0.2, -0.15) is 0 Å². The maximum atomic E-state index is 12.3. The molecule has 4 fully saturated rings. The number of nitrogens with one attached hydrogen (secondary N) is 1. The lowest BCUT2D eigenvalue weighted by Crippen LogP contribution is -2.61. The number of amides is 1. The van der Waals surface area contributed by atoms with E-state index in [1.54, 1.807) is 6.33 Å². The smallest absolute Gasteiger partial charge is 0.242 e. The molecule has 108 valence electrons. The summed E-state index contributed by atoms with van der Waals surface area (Å²) in [5, 5.41) is 4.60. The van der Waals surface area contributed by atoms with Gasteiger partial charge < -0.3 is 0 Å². The SMILES string of the molecule is NNC(=O)C12C[C@H]3C[C@H](C1)CC(n1cnc(Cl)n1)(C3)C2. The number of aromatic nitrogens is 3. The summed E-state index contributed by atoms with van der Waals surface area (Å²) in [5.41, 5.74) is 1.96. The highest BCUT2D eigenvalue weighted by Crippen LogP contribution is 2.64. The molecule has 1 aromatic rings. The molecule has 0 radical (unpaired) electrons. The van der Waals surface area contributed by atoms with Gasteiger partial charge in [-0.15, -0.1) is 5.10 Å². The van der Waals surface area contributed by atoms with E-state index < -0.39 is 0 Å². The normalized spacial score (nSPS) is 41.9. The molecular weight excluding hydrogens is 278 g/mol. The second kappa shape index (κ2) is 3.95. The minimum absolute atomic E-state index is 0.0119. The minimum atomic E-state index is -0.322. The molecule has 7 heteroatoms. The van der Waals surface area contributed by atoms with Crippen LogP contribution in [0.15, 0.2) is 6.33 Å². The van der Waals surface area contributed by atoms with Gasteiger partial charge in [0.1, 0.15) is 6.33 Å². The highest BCUT2D eigenvalue weighted by atomic mass is 35.5. The van der Waals surface area contributed by atoms with E-state index in [-0.39, 0.29) is 22.1 Å². The van der Waals surface area contributed by atoms with Crippen molar-refractivity contribution in [3.63, 3.8) is 0 Å². The van der Waals surface area contributed by atoms with E-state index in [9.17, 15) is 4.79 Å². The number of carbonyl (C=O) groups excluding carboxylic acids is 1. The van der Waals surface area contributed by atoms with Crippen molar-refractivity contribution in [1.82, 2.24) is 20.2 Å². The van der Waals surface area contributed by atoms with Crippen molar-refractivity contribution in [2.24, 2.45) is 23.1 Å². The summed E-state index contributed by atoms with van der Waals surface area (Å²) >= 11 is 5.88. The van der Waals surface area contributed by atoms with Crippen LogP contribution in [0, 0.1) is 17.3 Å². The van der Waals surface area contributed by atoms with Crippen LogP contribution in [0.2, 0.25) is 5.28 Å². The van der Waals surface area contributed by atoms with Crippen LogP contribution in [0.4, 0.5) is 0 Å². The molecule has 0 unspecified atom stereocenters. The van der Waals surface area contributed by atoms with Gasteiger partial charge in [-0.05, 0) is 62.0 Å². The summed E-state index contributed by atoms with van der Waals surface area (Å²) in [6, 6.07) is 0. The molecule has 4 saturated carbocycles. The van der Waals surface area contributed by atoms with Gasteiger partial charge in [0.15, 0.2) is 0 Å². The number of rotatable bonds is 2. The number of nitrogens with two attached hydrogens (primary N) is 1. The van der Waals surface area contributed by atoms with Gasteiger partial charge in [0, 0.05) is 0 Å². The van der Waals surface area contributed by atoms with Crippen LogP contribution < -0.4 is 11.3 Å². The Morgan fingerprint density at radius 1 is 1.40 bits per heavy atom. The predicted molar refractivity (Wildman–Crippen MR) is 72.5 cm³/mol. The molecule has 6 nitrogen and oxygen atoms in total. The van der Waals surface area contributed by atoms with Gasteiger partial charge in [-0.1, -0.05) is 0 Å². The van der Waals surface area contributed by atoms with E-state index in [0.29, 0.717) is 11.8 Å². The zero-order valence-corrected chi connectivity index (χ0v) is 11.9. The quantitative estimate of drug-likeness (QED) is 0.488. The Kier molecular flexibility index (Phi) is 2.49. The minimum Gasteiger partial charge on any atom is -0.294 e. The molecule has 0 aliphatic heterocycles. The first kappa shape index (κ1) is 12.6.